The van der Waals surface area contributed by atoms with Crippen molar-refractivity contribution in [1.82, 2.24) is 14.5 Å². The highest BCUT2D eigenvalue weighted by Crippen LogP contribution is 2.27. The fourth-order valence-corrected chi connectivity index (χ4v) is 7.46. The molecule has 0 radical (unpaired) electrons. The molecule has 0 spiro atoms. The second-order valence-electron chi connectivity index (χ2n) is 11.2. The van der Waals surface area contributed by atoms with Crippen LogP contribution in [-0.4, -0.2) is 42.5 Å². The van der Waals surface area contributed by atoms with Gasteiger partial charge in [0.1, 0.15) is 11.9 Å². The summed E-state index contributed by atoms with van der Waals surface area (Å²) >= 11 is 12.4. The van der Waals surface area contributed by atoms with E-state index in [1.165, 1.54) is 21.3 Å². The van der Waals surface area contributed by atoms with Crippen molar-refractivity contribution in [3.8, 4) is 0 Å². The Labute approximate surface area is 279 Å². The molecule has 1 saturated heterocycles. The number of amides is 2. The molecule has 0 aliphatic carbocycles. The van der Waals surface area contributed by atoms with Gasteiger partial charge in [0.25, 0.3) is 0 Å². The van der Waals surface area contributed by atoms with Crippen LogP contribution < -0.4 is 5.32 Å². The van der Waals surface area contributed by atoms with E-state index < -0.39 is 27.8 Å². The van der Waals surface area contributed by atoms with Gasteiger partial charge in [-0.2, -0.15) is 4.31 Å². The average molecular weight is 683 g/mol. The average Bonchev–Trinajstić information content (AvgIpc) is 3.61. The van der Waals surface area contributed by atoms with Crippen LogP contribution in [0.1, 0.15) is 47.6 Å². The third kappa shape index (κ3) is 8.33. The highest BCUT2D eigenvalue weighted by molar-refractivity contribution is 7.89. The van der Waals surface area contributed by atoms with Crippen LogP contribution in [0, 0.1) is 5.82 Å². The third-order valence-electron chi connectivity index (χ3n) is 7.98. The van der Waals surface area contributed by atoms with Gasteiger partial charge in [0.15, 0.2) is 0 Å². The van der Waals surface area contributed by atoms with E-state index in [1.807, 2.05) is 6.07 Å². The molecule has 0 bridgehead atoms. The van der Waals surface area contributed by atoms with E-state index in [0.717, 1.165) is 18.4 Å². The van der Waals surface area contributed by atoms with Crippen LogP contribution in [0.2, 0.25) is 10.0 Å². The Morgan fingerprint density at radius 1 is 0.870 bits per heavy atom. The van der Waals surface area contributed by atoms with E-state index in [9.17, 15) is 22.4 Å². The minimum Gasteiger partial charge on any atom is -0.350 e. The summed E-state index contributed by atoms with van der Waals surface area (Å²) in [5.74, 6) is -1.12. The maximum Gasteiger partial charge on any atom is 0.247 e. The Balaban J connectivity index is 1.38. The van der Waals surface area contributed by atoms with E-state index in [2.05, 4.69) is 5.32 Å². The number of carbonyl (C=O) groups is 2. The van der Waals surface area contributed by atoms with Gasteiger partial charge in [-0.3, -0.25) is 9.59 Å². The first kappa shape index (κ1) is 33.6. The first-order chi connectivity index (χ1) is 22.1. The van der Waals surface area contributed by atoms with E-state index >= 15 is 0 Å². The van der Waals surface area contributed by atoms with Crippen molar-refractivity contribution in [1.29, 1.82) is 0 Å². The highest BCUT2D eigenvalue weighted by atomic mass is 35.5. The van der Waals surface area contributed by atoms with Crippen LogP contribution in [0.15, 0.2) is 102 Å². The number of nitrogens with one attached hydrogen (secondary N) is 1. The molecule has 4 aromatic rings. The van der Waals surface area contributed by atoms with Crippen LogP contribution in [-0.2, 0) is 39.1 Å². The number of carbonyl (C=O) groups excluding carboxylic acids is 2. The molecule has 2 amide bonds. The fourth-order valence-electron chi connectivity index (χ4n) is 5.46. The maximum atomic E-state index is 14.0. The highest BCUT2D eigenvalue weighted by Gasteiger charge is 2.32. The number of sulfonamides is 1. The summed E-state index contributed by atoms with van der Waals surface area (Å²) in [5.41, 5.74) is 2.71. The number of aryl methyl sites for hydroxylation is 1. The van der Waals surface area contributed by atoms with Gasteiger partial charge in [0, 0.05) is 42.6 Å². The third-order valence-corrected chi connectivity index (χ3v) is 10.5. The Morgan fingerprint density at radius 2 is 1.52 bits per heavy atom. The predicted octanol–water partition coefficient (Wildman–Crippen LogP) is 6.94. The summed E-state index contributed by atoms with van der Waals surface area (Å²) in [6, 6.07) is 25.4. The number of hydrogen-bond acceptors (Lipinski definition) is 4. The molecular formula is C35H34Cl2FN3O4S. The summed E-state index contributed by atoms with van der Waals surface area (Å²) in [6.07, 6.45) is 2.08. The number of rotatable bonds is 12. The van der Waals surface area contributed by atoms with Gasteiger partial charge in [-0.15, -0.1) is 0 Å². The Hall–Kier alpha value is -3.76. The lowest BCUT2D eigenvalue weighted by molar-refractivity contribution is -0.141. The molecule has 1 N–H and O–H groups in total. The second kappa shape index (κ2) is 15.2. The van der Waals surface area contributed by atoms with E-state index in [1.54, 1.807) is 78.9 Å². The lowest BCUT2D eigenvalue weighted by Crippen LogP contribution is -2.43. The number of hydrogen-bond donors (Lipinski definition) is 1. The standard InChI is InChI=1S/C35H34Cl2FN3O4S/c36-29-14-13-28(32(37)22-29)23-39-35(43)34(27-6-2-1-3-7-27)41(24-26-8-15-30(38)16-9-26)33(42)19-12-25-10-17-31(18-11-25)46(44,45)40-20-4-5-21-40/h1-3,6-11,13-18,22,34H,4-5,12,19-21,23-24H2,(H,39,43)/t34-/m1/s1. The van der Waals surface area contributed by atoms with Gasteiger partial charge < -0.3 is 10.2 Å². The monoisotopic (exact) mass is 681 g/mol. The van der Waals surface area contributed by atoms with Crippen LogP contribution in [0.5, 0.6) is 0 Å². The van der Waals surface area contributed by atoms with Gasteiger partial charge in [-0.1, -0.05) is 83.9 Å². The van der Waals surface area contributed by atoms with Gasteiger partial charge >= 0.3 is 0 Å². The Bertz CT molecular complexity index is 1770. The molecule has 1 aliphatic heterocycles. The molecule has 0 aromatic heterocycles. The van der Waals surface area contributed by atoms with Crippen LogP contribution >= 0.6 is 23.2 Å². The smallest absolute Gasteiger partial charge is 0.247 e. The molecule has 0 saturated carbocycles. The lowest BCUT2D eigenvalue weighted by Gasteiger charge is -2.32. The number of halogens is 3. The number of nitrogens with zero attached hydrogens (tertiary/aromatic N) is 2. The molecule has 240 valence electrons. The molecule has 1 heterocycles. The molecule has 7 nitrogen and oxygen atoms in total. The SMILES string of the molecule is O=C(NCc1ccc(Cl)cc1Cl)[C@@H](c1ccccc1)N(Cc1ccc(F)cc1)C(=O)CCc1ccc(S(=O)(=O)N2CCCC2)cc1. The lowest BCUT2D eigenvalue weighted by atomic mass is 10.0. The van der Waals surface area contributed by atoms with E-state index in [-0.39, 0.29) is 30.3 Å². The van der Waals surface area contributed by atoms with E-state index in [4.69, 9.17) is 23.2 Å². The minimum absolute atomic E-state index is 0.0546. The van der Waals surface area contributed by atoms with Gasteiger partial charge in [0.05, 0.1) is 4.90 Å². The summed E-state index contributed by atoms with van der Waals surface area (Å²) < 4.78 is 41.1. The number of benzene rings is 4. The van der Waals surface area contributed by atoms with Crippen LogP contribution in [0.4, 0.5) is 4.39 Å². The van der Waals surface area contributed by atoms with Crippen molar-refractivity contribution < 1.29 is 22.4 Å². The zero-order valence-corrected chi connectivity index (χ0v) is 27.4. The Morgan fingerprint density at radius 3 is 2.17 bits per heavy atom. The quantitative estimate of drug-likeness (QED) is 0.176. The summed E-state index contributed by atoms with van der Waals surface area (Å²) in [5, 5.41) is 3.80. The zero-order chi connectivity index (χ0) is 32.7. The first-order valence-electron chi connectivity index (χ1n) is 15.0. The largest absolute Gasteiger partial charge is 0.350 e. The van der Waals surface area contributed by atoms with Crippen molar-refractivity contribution in [2.45, 2.75) is 49.7 Å². The van der Waals surface area contributed by atoms with Gasteiger partial charge in [-0.05, 0) is 77.9 Å². The minimum atomic E-state index is -3.55. The Kier molecular flexibility index (Phi) is 11.1. The van der Waals surface area contributed by atoms with Crippen molar-refractivity contribution >= 4 is 45.0 Å². The molecule has 1 fully saturated rings. The molecule has 1 atom stereocenters. The summed E-state index contributed by atoms with van der Waals surface area (Å²) in [7, 11) is -3.55. The van der Waals surface area contributed by atoms with Gasteiger partial charge in [-0.25, -0.2) is 12.8 Å². The molecule has 4 aromatic carbocycles. The normalized spacial score (nSPS) is 14.2. The molecule has 11 heteroatoms. The van der Waals surface area contributed by atoms with Crippen LogP contribution in [0.25, 0.3) is 0 Å². The van der Waals surface area contributed by atoms with Crippen molar-refractivity contribution in [2.75, 3.05) is 13.1 Å². The predicted molar refractivity (Wildman–Crippen MR) is 177 cm³/mol. The summed E-state index contributed by atoms with van der Waals surface area (Å²) in [4.78, 5) is 29.6. The van der Waals surface area contributed by atoms with Crippen LogP contribution in [0.3, 0.4) is 0 Å². The molecular weight excluding hydrogens is 648 g/mol. The van der Waals surface area contributed by atoms with E-state index in [0.29, 0.717) is 46.2 Å². The fraction of sp³-hybridized carbons (Fsp3) is 0.257. The maximum absolute atomic E-state index is 14.0. The van der Waals surface area contributed by atoms with Crippen molar-refractivity contribution in [3.63, 3.8) is 0 Å². The first-order valence-corrected chi connectivity index (χ1v) is 17.2. The second-order valence-corrected chi connectivity index (χ2v) is 14.0. The zero-order valence-electron chi connectivity index (χ0n) is 25.0. The summed E-state index contributed by atoms with van der Waals surface area (Å²) in [6.45, 7) is 1.21. The molecule has 46 heavy (non-hydrogen) atoms. The van der Waals surface area contributed by atoms with Crippen molar-refractivity contribution in [3.05, 3.63) is 135 Å². The molecule has 1 aliphatic rings. The van der Waals surface area contributed by atoms with Gasteiger partial charge in [0.2, 0.25) is 21.8 Å². The van der Waals surface area contributed by atoms with Crippen molar-refractivity contribution in [2.24, 2.45) is 0 Å². The molecule has 5 rings (SSSR count). The molecule has 0 unspecified atom stereocenters. The topological polar surface area (TPSA) is 86.8 Å².